The van der Waals surface area contributed by atoms with Gasteiger partial charge in [-0.2, -0.15) is 4.31 Å². The third kappa shape index (κ3) is 3.84. The predicted molar refractivity (Wildman–Crippen MR) is 81.0 cm³/mol. The van der Waals surface area contributed by atoms with Gasteiger partial charge in [-0.05, 0) is 55.9 Å². The lowest BCUT2D eigenvalue weighted by Crippen LogP contribution is -2.32. The van der Waals surface area contributed by atoms with Crippen LogP contribution in [0.3, 0.4) is 0 Å². The molecule has 122 valence electrons. The van der Waals surface area contributed by atoms with Crippen LogP contribution in [-0.2, 0) is 14.8 Å². The summed E-state index contributed by atoms with van der Waals surface area (Å²) in [6.45, 7) is 2.36. The van der Waals surface area contributed by atoms with Gasteiger partial charge in [0.05, 0.1) is 4.90 Å². The van der Waals surface area contributed by atoms with Crippen molar-refractivity contribution < 1.29 is 17.6 Å². The first-order valence-electron chi connectivity index (χ1n) is 7.35. The number of sulfonamides is 1. The van der Waals surface area contributed by atoms with E-state index in [2.05, 4.69) is 0 Å². The van der Waals surface area contributed by atoms with Gasteiger partial charge in [-0.25, -0.2) is 12.8 Å². The molecule has 0 aliphatic carbocycles. The molecule has 7 heteroatoms. The molecule has 1 aromatic carbocycles. The van der Waals surface area contributed by atoms with Gasteiger partial charge in [-0.15, -0.1) is 0 Å². The minimum Gasteiger partial charge on any atom is -0.370 e. The first kappa shape index (κ1) is 16.9. The summed E-state index contributed by atoms with van der Waals surface area (Å²) in [5.41, 5.74) is 5.61. The first-order valence-corrected chi connectivity index (χ1v) is 8.79. The van der Waals surface area contributed by atoms with E-state index < -0.39 is 15.8 Å². The van der Waals surface area contributed by atoms with Crippen LogP contribution in [0, 0.1) is 18.7 Å². The molecule has 0 bridgehead atoms. The fourth-order valence-corrected chi connectivity index (χ4v) is 4.61. The van der Waals surface area contributed by atoms with E-state index in [1.165, 1.54) is 16.4 Å². The Bertz CT molecular complexity index is 661. The highest BCUT2D eigenvalue weighted by atomic mass is 32.2. The fraction of sp³-hybridized carbons (Fsp3) is 0.533. The maximum atomic E-state index is 13.2. The van der Waals surface area contributed by atoms with Crippen LogP contribution in [0.15, 0.2) is 23.1 Å². The van der Waals surface area contributed by atoms with Crippen molar-refractivity contribution in [3.05, 3.63) is 29.6 Å². The highest BCUT2D eigenvalue weighted by Gasteiger charge is 2.29. The molecule has 5 nitrogen and oxygen atoms in total. The monoisotopic (exact) mass is 328 g/mol. The van der Waals surface area contributed by atoms with E-state index in [9.17, 15) is 17.6 Å². The number of nitrogens with two attached hydrogens (primary N) is 1. The molecule has 1 aliphatic heterocycles. The highest BCUT2D eigenvalue weighted by molar-refractivity contribution is 7.89. The van der Waals surface area contributed by atoms with Crippen LogP contribution in [0.1, 0.15) is 31.2 Å². The van der Waals surface area contributed by atoms with Gasteiger partial charge in [-0.1, -0.05) is 0 Å². The van der Waals surface area contributed by atoms with Gasteiger partial charge in [0.15, 0.2) is 0 Å². The molecule has 2 N–H and O–H groups in total. The van der Waals surface area contributed by atoms with Gasteiger partial charge in [0, 0.05) is 19.5 Å². The molecule has 0 saturated carbocycles. The standard InChI is InChI=1S/C15H21FN2O3S/c1-11-9-13(16)4-5-14(11)22(20,21)18-7-2-3-12(6-8-18)10-15(17)19/h4-5,9,12H,2-3,6-8,10H2,1H3,(H2,17,19). The second-order valence-corrected chi connectivity index (χ2v) is 7.69. The Balaban J connectivity index is 2.18. The molecule has 0 aromatic heterocycles. The van der Waals surface area contributed by atoms with E-state index in [1.54, 1.807) is 6.92 Å². The number of carbonyl (C=O) groups is 1. The zero-order valence-corrected chi connectivity index (χ0v) is 13.4. The molecule has 1 fully saturated rings. The zero-order valence-electron chi connectivity index (χ0n) is 12.6. The molecule has 1 atom stereocenters. The van der Waals surface area contributed by atoms with Crippen molar-refractivity contribution in [2.45, 2.75) is 37.5 Å². The minimum atomic E-state index is -3.63. The number of carbonyl (C=O) groups excluding carboxylic acids is 1. The Hall–Kier alpha value is -1.47. The van der Waals surface area contributed by atoms with Gasteiger partial charge in [0.25, 0.3) is 0 Å². The number of hydrogen-bond donors (Lipinski definition) is 1. The maximum absolute atomic E-state index is 13.2. The van der Waals surface area contributed by atoms with E-state index in [0.29, 0.717) is 37.9 Å². The average molecular weight is 328 g/mol. The summed E-state index contributed by atoms with van der Waals surface area (Å²) in [6.07, 6.45) is 2.39. The second kappa shape index (κ2) is 6.75. The van der Waals surface area contributed by atoms with E-state index in [1.807, 2.05) is 0 Å². The van der Waals surface area contributed by atoms with Gasteiger partial charge in [0.1, 0.15) is 5.82 Å². The van der Waals surface area contributed by atoms with Gasteiger partial charge >= 0.3 is 0 Å². The normalized spacial score (nSPS) is 20.5. The van der Waals surface area contributed by atoms with Crippen molar-refractivity contribution >= 4 is 15.9 Å². The maximum Gasteiger partial charge on any atom is 0.243 e. The molecule has 1 aromatic rings. The third-order valence-electron chi connectivity index (χ3n) is 4.05. The number of aryl methyl sites for hydroxylation is 1. The summed E-state index contributed by atoms with van der Waals surface area (Å²) in [5, 5.41) is 0. The molecular formula is C15H21FN2O3S. The molecule has 1 saturated heterocycles. The summed E-state index contributed by atoms with van der Waals surface area (Å²) in [4.78, 5) is 11.2. The third-order valence-corrected chi connectivity index (χ3v) is 6.11. The molecule has 1 amide bonds. The topological polar surface area (TPSA) is 80.5 Å². The number of nitrogens with zero attached hydrogens (tertiary/aromatic N) is 1. The van der Waals surface area contributed by atoms with E-state index in [4.69, 9.17) is 5.73 Å². The van der Waals surface area contributed by atoms with Crippen LogP contribution >= 0.6 is 0 Å². The Kier molecular flexibility index (Phi) is 5.18. The quantitative estimate of drug-likeness (QED) is 0.915. The Morgan fingerprint density at radius 2 is 2.09 bits per heavy atom. The number of primary amides is 1. The number of halogens is 1. The van der Waals surface area contributed by atoms with Crippen molar-refractivity contribution in [1.29, 1.82) is 0 Å². The van der Waals surface area contributed by atoms with Crippen molar-refractivity contribution in [2.75, 3.05) is 13.1 Å². The van der Waals surface area contributed by atoms with Crippen molar-refractivity contribution in [3.8, 4) is 0 Å². The summed E-state index contributed by atoms with van der Waals surface area (Å²) < 4.78 is 40.0. The van der Waals surface area contributed by atoms with Crippen LogP contribution in [0.2, 0.25) is 0 Å². The lowest BCUT2D eigenvalue weighted by molar-refractivity contribution is -0.119. The molecular weight excluding hydrogens is 307 g/mol. The predicted octanol–water partition coefficient (Wildman–Crippen LogP) is 1.80. The SMILES string of the molecule is Cc1cc(F)ccc1S(=O)(=O)N1CCCC(CC(N)=O)CC1. The highest BCUT2D eigenvalue weighted by Crippen LogP contribution is 2.26. The molecule has 1 unspecified atom stereocenters. The average Bonchev–Trinajstić information content (AvgIpc) is 2.63. The van der Waals surface area contributed by atoms with E-state index >= 15 is 0 Å². The number of benzene rings is 1. The van der Waals surface area contributed by atoms with E-state index in [-0.39, 0.29) is 16.7 Å². The lowest BCUT2D eigenvalue weighted by Gasteiger charge is -2.21. The zero-order chi connectivity index (χ0) is 16.3. The largest absolute Gasteiger partial charge is 0.370 e. The Labute approximate surface area is 130 Å². The van der Waals surface area contributed by atoms with Crippen LogP contribution in [-0.4, -0.2) is 31.7 Å². The smallest absolute Gasteiger partial charge is 0.243 e. The molecule has 0 radical (unpaired) electrons. The van der Waals surface area contributed by atoms with Crippen LogP contribution in [0.25, 0.3) is 0 Å². The first-order chi connectivity index (χ1) is 10.3. The van der Waals surface area contributed by atoms with E-state index in [0.717, 1.165) is 12.5 Å². The van der Waals surface area contributed by atoms with Gasteiger partial charge in [-0.3, -0.25) is 4.79 Å². The molecule has 1 aliphatic rings. The number of rotatable bonds is 4. The fourth-order valence-electron chi connectivity index (χ4n) is 2.91. The van der Waals surface area contributed by atoms with Crippen molar-refractivity contribution in [2.24, 2.45) is 11.7 Å². The molecule has 0 spiro atoms. The minimum absolute atomic E-state index is 0.131. The summed E-state index contributed by atoms with van der Waals surface area (Å²) in [5.74, 6) is -0.670. The summed E-state index contributed by atoms with van der Waals surface area (Å²) >= 11 is 0. The van der Waals surface area contributed by atoms with Crippen molar-refractivity contribution in [3.63, 3.8) is 0 Å². The summed E-state index contributed by atoms with van der Waals surface area (Å²) in [7, 11) is -3.63. The second-order valence-electron chi connectivity index (χ2n) is 5.78. The molecule has 22 heavy (non-hydrogen) atoms. The van der Waals surface area contributed by atoms with Gasteiger partial charge < -0.3 is 5.73 Å². The summed E-state index contributed by atoms with van der Waals surface area (Å²) in [6, 6.07) is 3.69. The van der Waals surface area contributed by atoms with Crippen molar-refractivity contribution in [1.82, 2.24) is 4.31 Å². The van der Waals surface area contributed by atoms with Gasteiger partial charge in [0.2, 0.25) is 15.9 Å². The van der Waals surface area contributed by atoms with Crippen LogP contribution in [0.5, 0.6) is 0 Å². The number of amides is 1. The lowest BCUT2D eigenvalue weighted by atomic mass is 9.97. The van der Waals surface area contributed by atoms with Crippen LogP contribution in [0.4, 0.5) is 4.39 Å². The number of hydrogen-bond acceptors (Lipinski definition) is 3. The molecule has 1 heterocycles. The Morgan fingerprint density at radius 3 is 2.73 bits per heavy atom. The van der Waals surface area contributed by atoms with Crippen LogP contribution < -0.4 is 5.73 Å². The Morgan fingerprint density at radius 1 is 1.36 bits per heavy atom. The molecule has 2 rings (SSSR count).